The van der Waals surface area contributed by atoms with Crippen LogP contribution < -0.4 is 0 Å². The molecule has 0 radical (unpaired) electrons. The van der Waals surface area contributed by atoms with Crippen molar-refractivity contribution in [3.05, 3.63) is 35.0 Å². The molecule has 0 aliphatic carbocycles. The lowest BCUT2D eigenvalue weighted by Crippen LogP contribution is -2.42. The van der Waals surface area contributed by atoms with Crippen LogP contribution in [0.5, 0.6) is 0 Å². The quantitative estimate of drug-likeness (QED) is 0.807. The highest BCUT2D eigenvalue weighted by molar-refractivity contribution is 5.76. The molecule has 1 aliphatic heterocycles. The number of morpholine rings is 1. The predicted octanol–water partition coefficient (Wildman–Crippen LogP) is 2.13. The third-order valence-electron chi connectivity index (χ3n) is 4.26. The number of nitrogens with zero attached hydrogens (tertiary/aromatic N) is 5. The Morgan fingerprint density at radius 3 is 2.65 bits per heavy atom. The van der Waals surface area contributed by atoms with Crippen LogP contribution in [0.25, 0.3) is 0 Å². The third-order valence-corrected chi connectivity index (χ3v) is 4.26. The van der Waals surface area contributed by atoms with Crippen molar-refractivity contribution < 1.29 is 14.1 Å². The van der Waals surface area contributed by atoms with Crippen LogP contribution in [-0.2, 0) is 16.0 Å². The zero-order chi connectivity index (χ0) is 18.7. The summed E-state index contributed by atoms with van der Waals surface area (Å²) >= 11 is 0. The minimum absolute atomic E-state index is 0.0481. The monoisotopic (exact) mass is 359 g/mol. The van der Waals surface area contributed by atoms with Gasteiger partial charge in [-0.25, -0.2) is 9.97 Å². The number of ether oxygens (including phenoxy) is 1. The van der Waals surface area contributed by atoms with Gasteiger partial charge in [0.1, 0.15) is 6.10 Å². The molecule has 1 unspecified atom stereocenters. The molecule has 1 amide bonds. The molecule has 0 saturated carbocycles. The highest BCUT2D eigenvalue weighted by atomic mass is 16.5. The second-order valence-electron chi connectivity index (χ2n) is 6.91. The van der Waals surface area contributed by atoms with Gasteiger partial charge in [0, 0.05) is 36.7 Å². The van der Waals surface area contributed by atoms with Gasteiger partial charge < -0.3 is 14.2 Å². The first-order valence-electron chi connectivity index (χ1n) is 8.96. The lowest BCUT2D eigenvalue weighted by Gasteiger charge is -2.32. The minimum atomic E-state index is -0.290. The van der Waals surface area contributed by atoms with Crippen LogP contribution >= 0.6 is 0 Å². The molecule has 2 aromatic heterocycles. The molecule has 1 fully saturated rings. The fraction of sp³-hybridized carbons (Fsp3) is 0.611. The van der Waals surface area contributed by atoms with E-state index in [0.717, 1.165) is 11.4 Å². The Kier molecular flexibility index (Phi) is 5.61. The maximum absolute atomic E-state index is 12.6. The van der Waals surface area contributed by atoms with Crippen LogP contribution in [0, 0.1) is 13.8 Å². The Bertz CT molecular complexity index is 754. The van der Waals surface area contributed by atoms with E-state index in [4.69, 9.17) is 9.26 Å². The normalized spacial score (nSPS) is 17.7. The Balaban J connectivity index is 1.58. The molecule has 0 spiro atoms. The van der Waals surface area contributed by atoms with Crippen molar-refractivity contribution in [2.24, 2.45) is 0 Å². The largest absolute Gasteiger partial charge is 0.367 e. The van der Waals surface area contributed by atoms with E-state index in [2.05, 4.69) is 20.1 Å². The standard InChI is InChI=1S/C18H25N5O3/c1-11(2)17-21-15(26-22-17)5-6-16(24)23-7-8-25-14(10-23)18-19-12(3)9-13(4)20-18/h9,11,14H,5-8,10H2,1-4H3. The van der Waals surface area contributed by atoms with Gasteiger partial charge in [-0.2, -0.15) is 4.98 Å². The lowest BCUT2D eigenvalue weighted by atomic mass is 10.2. The fourth-order valence-electron chi connectivity index (χ4n) is 2.91. The van der Waals surface area contributed by atoms with Crippen molar-refractivity contribution in [2.45, 2.75) is 52.6 Å². The summed E-state index contributed by atoms with van der Waals surface area (Å²) < 4.78 is 11.0. The summed E-state index contributed by atoms with van der Waals surface area (Å²) in [6.45, 7) is 9.37. The average Bonchev–Trinajstić information content (AvgIpc) is 3.08. The zero-order valence-electron chi connectivity index (χ0n) is 15.7. The Hall–Kier alpha value is -2.35. The van der Waals surface area contributed by atoms with Crippen LogP contribution in [-0.4, -0.2) is 50.6 Å². The van der Waals surface area contributed by atoms with Gasteiger partial charge in [-0.1, -0.05) is 19.0 Å². The molecule has 26 heavy (non-hydrogen) atoms. The predicted molar refractivity (Wildman–Crippen MR) is 93.5 cm³/mol. The molecule has 1 saturated heterocycles. The number of rotatable bonds is 5. The molecule has 0 N–H and O–H groups in total. The fourth-order valence-corrected chi connectivity index (χ4v) is 2.91. The number of aryl methyl sites for hydroxylation is 3. The molecular weight excluding hydrogens is 334 g/mol. The maximum Gasteiger partial charge on any atom is 0.227 e. The van der Waals surface area contributed by atoms with Gasteiger partial charge in [-0.05, 0) is 19.9 Å². The Labute approximate surface area is 153 Å². The number of hydrogen-bond donors (Lipinski definition) is 0. The summed E-state index contributed by atoms with van der Waals surface area (Å²) in [5.41, 5.74) is 1.80. The molecule has 0 aromatic carbocycles. The first-order chi connectivity index (χ1) is 12.4. The van der Waals surface area contributed by atoms with Crippen molar-refractivity contribution in [1.82, 2.24) is 25.0 Å². The summed E-state index contributed by atoms with van der Waals surface area (Å²) in [6.07, 6.45) is 0.489. The van der Waals surface area contributed by atoms with Crippen LogP contribution in [0.3, 0.4) is 0 Å². The van der Waals surface area contributed by atoms with Crippen molar-refractivity contribution in [3.8, 4) is 0 Å². The molecule has 1 aliphatic rings. The average molecular weight is 359 g/mol. The third kappa shape index (κ3) is 4.43. The topological polar surface area (TPSA) is 94.2 Å². The van der Waals surface area contributed by atoms with Gasteiger partial charge in [0.15, 0.2) is 11.6 Å². The molecule has 3 rings (SSSR count). The molecule has 3 heterocycles. The second kappa shape index (κ2) is 7.90. The summed E-state index contributed by atoms with van der Waals surface area (Å²) in [7, 11) is 0. The van der Waals surface area contributed by atoms with E-state index in [9.17, 15) is 4.79 Å². The van der Waals surface area contributed by atoms with Gasteiger partial charge in [0.05, 0.1) is 13.2 Å². The van der Waals surface area contributed by atoms with E-state index in [0.29, 0.717) is 50.1 Å². The molecule has 1 atom stereocenters. The highest BCUT2D eigenvalue weighted by Gasteiger charge is 2.27. The van der Waals surface area contributed by atoms with Gasteiger partial charge in [-0.15, -0.1) is 0 Å². The number of carbonyl (C=O) groups is 1. The zero-order valence-corrected chi connectivity index (χ0v) is 15.7. The molecule has 0 bridgehead atoms. The van der Waals surface area contributed by atoms with E-state index in [1.54, 1.807) is 4.90 Å². The number of hydrogen-bond acceptors (Lipinski definition) is 7. The molecule has 2 aromatic rings. The van der Waals surface area contributed by atoms with Crippen LogP contribution in [0.1, 0.15) is 61.2 Å². The van der Waals surface area contributed by atoms with Crippen LogP contribution in [0.2, 0.25) is 0 Å². The van der Waals surface area contributed by atoms with Gasteiger partial charge in [0.2, 0.25) is 11.8 Å². The first-order valence-corrected chi connectivity index (χ1v) is 8.96. The van der Waals surface area contributed by atoms with Gasteiger partial charge in [0.25, 0.3) is 0 Å². The second-order valence-corrected chi connectivity index (χ2v) is 6.91. The molecule has 8 nitrogen and oxygen atoms in total. The minimum Gasteiger partial charge on any atom is -0.367 e. The number of aromatic nitrogens is 4. The van der Waals surface area contributed by atoms with E-state index < -0.39 is 0 Å². The highest BCUT2D eigenvalue weighted by Crippen LogP contribution is 2.21. The smallest absolute Gasteiger partial charge is 0.227 e. The maximum atomic E-state index is 12.6. The molecule has 8 heteroatoms. The van der Waals surface area contributed by atoms with E-state index in [1.165, 1.54) is 0 Å². The van der Waals surface area contributed by atoms with Crippen molar-refractivity contribution in [3.63, 3.8) is 0 Å². The van der Waals surface area contributed by atoms with Gasteiger partial charge in [-0.3, -0.25) is 4.79 Å². The summed E-state index contributed by atoms with van der Waals surface area (Å²) in [5, 5.41) is 3.93. The van der Waals surface area contributed by atoms with Crippen LogP contribution in [0.4, 0.5) is 0 Å². The Morgan fingerprint density at radius 2 is 2.00 bits per heavy atom. The molecular formula is C18H25N5O3. The Morgan fingerprint density at radius 1 is 1.27 bits per heavy atom. The SMILES string of the molecule is Cc1cc(C)nc(C2CN(C(=O)CCc3nc(C(C)C)no3)CCO2)n1. The summed E-state index contributed by atoms with van der Waals surface area (Å²) in [6, 6.07) is 1.92. The van der Waals surface area contributed by atoms with Gasteiger partial charge >= 0.3 is 0 Å². The van der Waals surface area contributed by atoms with E-state index in [1.807, 2.05) is 33.8 Å². The van der Waals surface area contributed by atoms with E-state index >= 15 is 0 Å². The van der Waals surface area contributed by atoms with Crippen molar-refractivity contribution in [1.29, 1.82) is 0 Å². The van der Waals surface area contributed by atoms with Crippen LogP contribution in [0.15, 0.2) is 10.6 Å². The lowest BCUT2D eigenvalue weighted by molar-refractivity contribution is -0.139. The summed E-state index contributed by atoms with van der Waals surface area (Å²) in [5.74, 6) is 2.07. The van der Waals surface area contributed by atoms with Crippen molar-refractivity contribution in [2.75, 3.05) is 19.7 Å². The molecule has 140 valence electrons. The first kappa shape index (κ1) is 18.4. The van der Waals surface area contributed by atoms with Crippen molar-refractivity contribution >= 4 is 5.91 Å². The number of carbonyl (C=O) groups excluding carboxylic acids is 1. The summed E-state index contributed by atoms with van der Waals surface area (Å²) in [4.78, 5) is 27.6. The number of amides is 1. The van der Waals surface area contributed by atoms with E-state index in [-0.39, 0.29) is 17.9 Å².